The van der Waals surface area contributed by atoms with Crippen LogP contribution in [0.2, 0.25) is 0 Å². The van der Waals surface area contributed by atoms with Crippen molar-refractivity contribution in [2.24, 2.45) is 11.8 Å². The smallest absolute Gasteiger partial charge is 0.226 e. The van der Waals surface area contributed by atoms with Crippen LogP contribution in [0.3, 0.4) is 0 Å². The lowest BCUT2D eigenvalue weighted by molar-refractivity contribution is -0.128. The van der Waals surface area contributed by atoms with E-state index in [0.29, 0.717) is 12.3 Å². The van der Waals surface area contributed by atoms with Crippen molar-refractivity contribution in [2.75, 3.05) is 6.54 Å². The molecular weight excluding hydrogens is 210 g/mol. The Bertz CT molecular complexity index is 283. The highest BCUT2D eigenvalue weighted by atomic mass is 16.2. The monoisotopic (exact) mass is 235 g/mol. The van der Waals surface area contributed by atoms with Gasteiger partial charge in [-0.2, -0.15) is 0 Å². The van der Waals surface area contributed by atoms with E-state index in [1.54, 1.807) is 11.1 Å². The van der Waals surface area contributed by atoms with E-state index in [2.05, 4.69) is 25.7 Å². The predicted molar refractivity (Wildman–Crippen MR) is 72.5 cm³/mol. The molecule has 2 unspecified atom stereocenters. The van der Waals surface area contributed by atoms with Gasteiger partial charge in [0, 0.05) is 13.0 Å². The van der Waals surface area contributed by atoms with Crippen molar-refractivity contribution in [3.05, 3.63) is 24.9 Å². The molecule has 0 aromatic heterocycles. The molecule has 0 radical (unpaired) electrons. The van der Waals surface area contributed by atoms with Crippen LogP contribution in [0.5, 0.6) is 0 Å². The molecule has 0 saturated heterocycles. The summed E-state index contributed by atoms with van der Waals surface area (Å²) < 4.78 is 0. The lowest BCUT2D eigenvalue weighted by Crippen LogP contribution is -2.27. The Hall–Kier alpha value is -1.05. The molecule has 0 heterocycles. The van der Waals surface area contributed by atoms with Crippen molar-refractivity contribution in [2.45, 2.75) is 46.0 Å². The van der Waals surface area contributed by atoms with Gasteiger partial charge in [-0.1, -0.05) is 32.6 Å². The standard InChI is InChI=1S/C15H25NO/c1-4-7-8-9-10-13-11-14(13)12-16(6-3)15(17)5-2/h6-8,13-14H,3-5,9-12H2,1-2H3/b8-7-. The van der Waals surface area contributed by atoms with Crippen LogP contribution in [0, 0.1) is 11.8 Å². The third-order valence-electron chi connectivity index (χ3n) is 3.45. The van der Waals surface area contributed by atoms with Gasteiger partial charge in [0.25, 0.3) is 0 Å². The Morgan fingerprint density at radius 1 is 1.35 bits per heavy atom. The van der Waals surface area contributed by atoms with Gasteiger partial charge < -0.3 is 4.90 Å². The maximum absolute atomic E-state index is 11.6. The fraction of sp³-hybridized carbons (Fsp3) is 0.667. The number of hydrogen-bond acceptors (Lipinski definition) is 1. The summed E-state index contributed by atoms with van der Waals surface area (Å²) in [5.74, 6) is 1.72. The molecule has 0 spiro atoms. The lowest BCUT2D eigenvalue weighted by Gasteiger charge is -2.16. The van der Waals surface area contributed by atoms with Gasteiger partial charge in [0.15, 0.2) is 0 Å². The van der Waals surface area contributed by atoms with Crippen molar-refractivity contribution in [1.29, 1.82) is 0 Å². The van der Waals surface area contributed by atoms with Crippen LogP contribution in [0.25, 0.3) is 0 Å². The molecule has 2 heteroatoms. The fourth-order valence-corrected chi connectivity index (χ4v) is 2.22. The first-order chi connectivity index (χ1) is 8.22. The average molecular weight is 235 g/mol. The van der Waals surface area contributed by atoms with Gasteiger partial charge >= 0.3 is 0 Å². The summed E-state index contributed by atoms with van der Waals surface area (Å²) in [5.41, 5.74) is 0. The van der Waals surface area contributed by atoms with Gasteiger partial charge in [-0.15, -0.1) is 0 Å². The van der Waals surface area contributed by atoms with E-state index in [1.165, 1.54) is 19.3 Å². The highest BCUT2D eigenvalue weighted by Gasteiger charge is 2.37. The molecule has 1 saturated carbocycles. The third kappa shape index (κ3) is 4.76. The highest BCUT2D eigenvalue weighted by molar-refractivity contribution is 5.76. The van der Waals surface area contributed by atoms with Crippen molar-refractivity contribution in [1.82, 2.24) is 4.90 Å². The summed E-state index contributed by atoms with van der Waals surface area (Å²) in [4.78, 5) is 13.3. The van der Waals surface area contributed by atoms with E-state index in [9.17, 15) is 4.79 Å². The van der Waals surface area contributed by atoms with Gasteiger partial charge in [-0.3, -0.25) is 4.79 Å². The summed E-state index contributed by atoms with van der Waals surface area (Å²) >= 11 is 0. The summed E-state index contributed by atoms with van der Waals surface area (Å²) in [6.07, 6.45) is 11.6. The first-order valence-electron chi connectivity index (χ1n) is 6.79. The van der Waals surface area contributed by atoms with Crippen LogP contribution in [-0.2, 0) is 4.79 Å². The molecule has 2 atom stereocenters. The number of carbonyl (C=O) groups excluding carboxylic acids is 1. The van der Waals surface area contributed by atoms with E-state index in [0.717, 1.165) is 18.9 Å². The van der Waals surface area contributed by atoms with Gasteiger partial charge in [0.05, 0.1) is 0 Å². The molecule has 0 N–H and O–H groups in total. The summed E-state index contributed by atoms with van der Waals surface area (Å²) in [7, 11) is 0. The molecule has 2 nitrogen and oxygen atoms in total. The number of amides is 1. The Morgan fingerprint density at radius 3 is 2.71 bits per heavy atom. The SMILES string of the molecule is C=CN(CC1CC1CC/C=C\CC)C(=O)CC. The van der Waals surface area contributed by atoms with Gasteiger partial charge in [-0.05, 0) is 43.7 Å². The summed E-state index contributed by atoms with van der Waals surface area (Å²) in [6.45, 7) is 8.65. The second-order valence-corrected chi connectivity index (χ2v) is 4.80. The molecule has 1 amide bonds. The quantitative estimate of drug-likeness (QED) is 0.587. The van der Waals surface area contributed by atoms with Crippen molar-refractivity contribution < 1.29 is 4.79 Å². The Labute approximate surface area is 105 Å². The van der Waals surface area contributed by atoms with E-state index in [4.69, 9.17) is 0 Å². The molecular formula is C15H25NO. The molecule has 1 rings (SSSR count). The molecule has 0 aromatic carbocycles. The zero-order valence-corrected chi connectivity index (χ0v) is 11.2. The van der Waals surface area contributed by atoms with Crippen LogP contribution < -0.4 is 0 Å². The van der Waals surface area contributed by atoms with E-state index < -0.39 is 0 Å². The van der Waals surface area contributed by atoms with Crippen molar-refractivity contribution in [3.63, 3.8) is 0 Å². The molecule has 0 aromatic rings. The number of rotatable bonds is 8. The van der Waals surface area contributed by atoms with E-state index >= 15 is 0 Å². The minimum Gasteiger partial charge on any atom is -0.319 e. The van der Waals surface area contributed by atoms with Gasteiger partial charge in [-0.25, -0.2) is 0 Å². The second kappa shape index (κ2) is 7.31. The normalized spacial score (nSPS) is 22.7. The Kier molecular flexibility index (Phi) is 6.03. The molecule has 1 fully saturated rings. The summed E-state index contributed by atoms with van der Waals surface area (Å²) in [5, 5.41) is 0. The molecule has 1 aliphatic rings. The number of carbonyl (C=O) groups is 1. The summed E-state index contributed by atoms with van der Waals surface area (Å²) in [6, 6.07) is 0. The zero-order valence-electron chi connectivity index (χ0n) is 11.2. The van der Waals surface area contributed by atoms with Crippen LogP contribution in [-0.4, -0.2) is 17.4 Å². The molecule has 1 aliphatic carbocycles. The van der Waals surface area contributed by atoms with Crippen LogP contribution in [0.4, 0.5) is 0 Å². The average Bonchev–Trinajstić information content (AvgIpc) is 3.09. The van der Waals surface area contributed by atoms with Gasteiger partial charge in [0.2, 0.25) is 5.91 Å². The Balaban J connectivity index is 2.20. The van der Waals surface area contributed by atoms with E-state index in [-0.39, 0.29) is 5.91 Å². The molecule has 96 valence electrons. The number of allylic oxidation sites excluding steroid dienone is 2. The minimum atomic E-state index is 0.191. The molecule has 17 heavy (non-hydrogen) atoms. The second-order valence-electron chi connectivity index (χ2n) is 4.80. The first-order valence-corrected chi connectivity index (χ1v) is 6.79. The van der Waals surface area contributed by atoms with E-state index in [1.807, 2.05) is 6.92 Å². The highest BCUT2D eigenvalue weighted by Crippen LogP contribution is 2.42. The van der Waals surface area contributed by atoms with Gasteiger partial charge in [0.1, 0.15) is 0 Å². The lowest BCUT2D eigenvalue weighted by atomic mass is 10.1. The Morgan fingerprint density at radius 2 is 2.12 bits per heavy atom. The zero-order chi connectivity index (χ0) is 12.7. The third-order valence-corrected chi connectivity index (χ3v) is 3.45. The van der Waals surface area contributed by atoms with Crippen LogP contribution >= 0.6 is 0 Å². The first kappa shape index (κ1) is 14.0. The number of hydrogen-bond donors (Lipinski definition) is 0. The molecule has 0 aliphatic heterocycles. The topological polar surface area (TPSA) is 20.3 Å². The number of nitrogens with zero attached hydrogens (tertiary/aromatic N) is 1. The minimum absolute atomic E-state index is 0.191. The van der Waals surface area contributed by atoms with Crippen molar-refractivity contribution in [3.8, 4) is 0 Å². The maximum atomic E-state index is 11.6. The van der Waals surface area contributed by atoms with Crippen molar-refractivity contribution >= 4 is 5.91 Å². The predicted octanol–water partition coefficient (Wildman–Crippen LogP) is 3.75. The molecule has 0 bridgehead atoms. The fourth-order valence-electron chi connectivity index (χ4n) is 2.22. The largest absolute Gasteiger partial charge is 0.319 e. The van der Waals surface area contributed by atoms with Crippen LogP contribution in [0.15, 0.2) is 24.9 Å². The van der Waals surface area contributed by atoms with Crippen LogP contribution in [0.1, 0.15) is 46.0 Å². The maximum Gasteiger partial charge on any atom is 0.226 e.